The van der Waals surface area contributed by atoms with Gasteiger partial charge in [-0.25, -0.2) is 0 Å². The first-order valence-electron chi connectivity index (χ1n) is 7.00. The highest BCUT2D eigenvalue weighted by atomic mass is 16.1. The van der Waals surface area contributed by atoms with Gasteiger partial charge in [0, 0.05) is 5.41 Å². The average molecular weight is 234 g/mol. The lowest BCUT2D eigenvalue weighted by molar-refractivity contribution is -0.128. The van der Waals surface area contributed by atoms with Crippen LogP contribution in [-0.2, 0) is 4.79 Å². The Morgan fingerprint density at radius 2 is 1.94 bits per heavy atom. The van der Waals surface area contributed by atoms with Crippen molar-refractivity contribution in [1.82, 2.24) is 0 Å². The minimum atomic E-state index is -0.105. The Balaban J connectivity index is 2.39. The molecule has 1 heteroatoms. The smallest absolute Gasteiger partial charge is 0.136 e. The van der Waals surface area contributed by atoms with Crippen LogP contribution in [0.15, 0.2) is 11.1 Å². The first kappa shape index (κ1) is 12.9. The van der Waals surface area contributed by atoms with Gasteiger partial charge in [0.1, 0.15) is 5.78 Å². The van der Waals surface area contributed by atoms with Gasteiger partial charge in [-0.2, -0.15) is 0 Å². The van der Waals surface area contributed by atoms with Crippen LogP contribution >= 0.6 is 0 Å². The number of carbonyl (C=O) groups is 1. The highest BCUT2D eigenvalue weighted by Gasteiger charge is 2.44. The molecule has 96 valence electrons. The molecule has 0 bridgehead atoms. The monoisotopic (exact) mass is 234 g/mol. The number of Topliss-reactive ketones (excluding diaryl/α,β-unsaturated/α-hetero) is 1. The molecule has 2 aliphatic carbocycles. The van der Waals surface area contributed by atoms with Gasteiger partial charge in [-0.05, 0) is 50.4 Å². The van der Waals surface area contributed by atoms with Gasteiger partial charge in [0.2, 0.25) is 0 Å². The normalized spacial score (nSPS) is 36.6. The molecule has 0 saturated heterocycles. The Bertz CT molecular complexity index is 375. The fourth-order valence-electron chi connectivity index (χ4n) is 3.76. The van der Waals surface area contributed by atoms with Gasteiger partial charge in [-0.3, -0.25) is 4.79 Å². The van der Waals surface area contributed by atoms with Crippen LogP contribution in [0.5, 0.6) is 0 Å². The van der Waals surface area contributed by atoms with Crippen LogP contribution in [-0.4, -0.2) is 5.78 Å². The minimum absolute atomic E-state index is 0.105. The molecule has 0 radical (unpaired) electrons. The van der Waals surface area contributed by atoms with E-state index < -0.39 is 0 Å². The lowest BCUT2D eigenvalue weighted by Crippen LogP contribution is -2.40. The molecule has 0 aromatic heterocycles. The van der Waals surface area contributed by atoms with Crippen molar-refractivity contribution in [3.05, 3.63) is 11.1 Å². The van der Waals surface area contributed by atoms with Crippen molar-refractivity contribution in [3.8, 4) is 0 Å². The molecule has 0 fully saturated rings. The molecule has 2 aliphatic rings. The number of hydrogen-bond donors (Lipinski definition) is 0. The second-order valence-electron chi connectivity index (χ2n) is 7.08. The van der Waals surface area contributed by atoms with Gasteiger partial charge in [-0.1, -0.05) is 38.8 Å². The van der Waals surface area contributed by atoms with Crippen molar-refractivity contribution in [3.63, 3.8) is 0 Å². The molecule has 2 rings (SSSR count). The Morgan fingerprint density at radius 1 is 1.29 bits per heavy atom. The third-order valence-electron chi connectivity index (χ3n) is 5.51. The molecular formula is C16H26O. The predicted octanol–water partition coefficient (Wildman–Crippen LogP) is 4.52. The SMILES string of the molecule is CC(=O)C1(C)CC2=C(CC1C)C(C)(C)CCC2. The zero-order valence-electron chi connectivity index (χ0n) is 12.0. The lowest BCUT2D eigenvalue weighted by Gasteiger charge is -2.46. The molecule has 0 aromatic rings. The fraction of sp³-hybridized carbons (Fsp3) is 0.812. The lowest BCUT2D eigenvalue weighted by atomic mass is 9.57. The van der Waals surface area contributed by atoms with Crippen molar-refractivity contribution in [2.75, 3.05) is 0 Å². The van der Waals surface area contributed by atoms with Crippen molar-refractivity contribution in [2.24, 2.45) is 16.7 Å². The van der Waals surface area contributed by atoms with Crippen LogP contribution in [0.2, 0.25) is 0 Å². The minimum Gasteiger partial charge on any atom is -0.299 e. The number of rotatable bonds is 1. The van der Waals surface area contributed by atoms with Crippen LogP contribution < -0.4 is 0 Å². The first-order valence-corrected chi connectivity index (χ1v) is 7.00. The molecule has 2 atom stereocenters. The van der Waals surface area contributed by atoms with E-state index in [1.807, 2.05) is 0 Å². The highest BCUT2D eigenvalue weighted by molar-refractivity contribution is 5.83. The maximum atomic E-state index is 11.9. The van der Waals surface area contributed by atoms with Crippen LogP contribution in [0.25, 0.3) is 0 Å². The molecule has 0 aliphatic heterocycles. The first-order chi connectivity index (χ1) is 7.77. The zero-order chi connectivity index (χ0) is 12.8. The van der Waals surface area contributed by atoms with E-state index in [2.05, 4.69) is 27.7 Å². The molecular weight excluding hydrogens is 208 g/mol. The summed E-state index contributed by atoms with van der Waals surface area (Å²) in [6.45, 7) is 11.0. The standard InChI is InChI=1S/C16H26O/c1-11-9-14-13(7-6-8-15(14,3)4)10-16(11,5)12(2)17/h11H,6-10H2,1-5H3. The largest absolute Gasteiger partial charge is 0.299 e. The number of allylic oxidation sites excluding steroid dienone is 2. The van der Waals surface area contributed by atoms with Gasteiger partial charge in [0.25, 0.3) is 0 Å². The highest BCUT2D eigenvalue weighted by Crippen LogP contribution is 2.53. The van der Waals surface area contributed by atoms with E-state index in [1.54, 1.807) is 18.1 Å². The maximum absolute atomic E-state index is 11.9. The van der Waals surface area contributed by atoms with Crippen molar-refractivity contribution >= 4 is 5.78 Å². The summed E-state index contributed by atoms with van der Waals surface area (Å²) in [7, 11) is 0. The molecule has 0 saturated carbocycles. The number of hydrogen-bond acceptors (Lipinski definition) is 1. The summed E-state index contributed by atoms with van der Waals surface area (Å²) < 4.78 is 0. The Hall–Kier alpha value is -0.590. The Morgan fingerprint density at radius 3 is 2.53 bits per heavy atom. The van der Waals surface area contributed by atoms with E-state index >= 15 is 0 Å². The van der Waals surface area contributed by atoms with Gasteiger partial charge < -0.3 is 0 Å². The van der Waals surface area contributed by atoms with E-state index in [0.717, 1.165) is 12.8 Å². The average Bonchev–Trinajstić information content (AvgIpc) is 2.20. The molecule has 0 spiro atoms. The third-order valence-corrected chi connectivity index (χ3v) is 5.51. The fourth-order valence-corrected chi connectivity index (χ4v) is 3.76. The van der Waals surface area contributed by atoms with Crippen LogP contribution in [0.1, 0.15) is 66.7 Å². The number of ketones is 1. The summed E-state index contributed by atoms with van der Waals surface area (Å²) in [4.78, 5) is 11.9. The molecule has 2 unspecified atom stereocenters. The second-order valence-corrected chi connectivity index (χ2v) is 7.08. The topological polar surface area (TPSA) is 17.1 Å². The van der Waals surface area contributed by atoms with Crippen LogP contribution in [0.4, 0.5) is 0 Å². The molecule has 17 heavy (non-hydrogen) atoms. The second kappa shape index (κ2) is 3.96. The van der Waals surface area contributed by atoms with E-state index in [4.69, 9.17) is 0 Å². The molecule has 1 nitrogen and oxygen atoms in total. The Labute approximate surface area is 106 Å². The quantitative estimate of drug-likeness (QED) is 0.610. The van der Waals surface area contributed by atoms with Gasteiger partial charge in [0.05, 0.1) is 0 Å². The predicted molar refractivity (Wildman–Crippen MR) is 71.8 cm³/mol. The van der Waals surface area contributed by atoms with Gasteiger partial charge >= 0.3 is 0 Å². The van der Waals surface area contributed by atoms with Crippen molar-refractivity contribution < 1.29 is 4.79 Å². The van der Waals surface area contributed by atoms with Gasteiger partial charge in [0.15, 0.2) is 0 Å². The summed E-state index contributed by atoms with van der Waals surface area (Å²) in [5.74, 6) is 0.871. The zero-order valence-corrected chi connectivity index (χ0v) is 12.0. The van der Waals surface area contributed by atoms with E-state index in [0.29, 0.717) is 17.1 Å². The third kappa shape index (κ3) is 1.98. The van der Waals surface area contributed by atoms with E-state index in [1.165, 1.54) is 19.3 Å². The van der Waals surface area contributed by atoms with Gasteiger partial charge in [-0.15, -0.1) is 0 Å². The molecule has 0 aromatic carbocycles. The summed E-state index contributed by atoms with van der Waals surface area (Å²) in [6.07, 6.45) is 6.00. The Kier molecular flexibility index (Phi) is 3.00. The van der Waals surface area contributed by atoms with Crippen LogP contribution in [0.3, 0.4) is 0 Å². The summed E-state index contributed by atoms with van der Waals surface area (Å²) in [5, 5.41) is 0. The molecule has 0 heterocycles. The van der Waals surface area contributed by atoms with E-state index in [9.17, 15) is 4.79 Å². The molecule has 0 amide bonds. The van der Waals surface area contributed by atoms with Crippen LogP contribution in [0, 0.1) is 16.7 Å². The molecule has 0 N–H and O–H groups in total. The summed E-state index contributed by atoms with van der Waals surface area (Å²) in [6, 6.07) is 0. The van der Waals surface area contributed by atoms with Crippen molar-refractivity contribution in [1.29, 1.82) is 0 Å². The van der Waals surface area contributed by atoms with Crippen molar-refractivity contribution in [2.45, 2.75) is 66.7 Å². The van der Waals surface area contributed by atoms with E-state index in [-0.39, 0.29) is 5.41 Å². The summed E-state index contributed by atoms with van der Waals surface area (Å²) >= 11 is 0. The maximum Gasteiger partial charge on any atom is 0.136 e. The summed E-state index contributed by atoms with van der Waals surface area (Å²) in [5.41, 5.74) is 3.55. The number of carbonyl (C=O) groups excluding carboxylic acids is 1.